The van der Waals surface area contributed by atoms with Gasteiger partial charge in [-0.3, -0.25) is 9.59 Å². The number of carbonyl (C=O) groups excluding carboxylic acids is 2. The van der Waals surface area contributed by atoms with Crippen molar-refractivity contribution in [3.8, 4) is 6.07 Å². The summed E-state index contributed by atoms with van der Waals surface area (Å²) >= 11 is 0. The standard InChI is InChI=1S/C19H24N4O2/c1-14(24)22-17-8-6-7-16(11-17)21-13-15(12-20)19(25)23(2)18-9-4-3-5-10-18/h6-8,11,13,18,21H,3-5,9-10H2,1-2H3,(H,22,24)/b15-13-. The van der Waals surface area contributed by atoms with Crippen LogP contribution < -0.4 is 10.6 Å². The first kappa shape index (κ1) is 18.5. The molecule has 0 bridgehead atoms. The first-order chi connectivity index (χ1) is 12.0. The number of benzene rings is 1. The smallest absolute Gasteiger partial charge is 0.266 e. The minimum atomic E-state index is -0.264. The van der Waals surface area contributed by atoms with Gasteiger partial charge in [-0.15, -0.1) is 0 Å². The summed E-state index contributed by atoms with van der Waals surface area (Å²) in [7, 11) is 1.76. The second kappa shape index (κ2) is 8.88. The Bertz CT molecular complexity index is 700. The topological polar surface area (TPSA) is 85.2 Å². The van der Waals surface area contributed by atoms with E-state index in [9.17, 15) is 14.9 Å². The fourth-order valence-electron chi connectivity index (χ4n) is 3.01. The molecular formula is C19H24N4O2. The Morgan fingerprint density at radius 3 is 2.56 bits per heavy atom. The first-order valence-electron chi connectivity index (χ1n) is 8.53. The molecule has 1 fully saturated rings. The van der Waals surface area contributed by atoms with E-state index in [-0.39, 0.29) is 23.4 Å². The Morgan fingerprint density at radius 2 is 1.92 bits per heavy atom. The molecule has 0 saturated heterocycles. The van der Waals surface area contributed by atoms with E-state index in [4.69, 9.17) is 0 Å². The van der Waals surface area contributed by atoms with E-state index < -0.39 is 0 Å². The number of nitriles is 1. The van der Waals surface area contributed by atoms with Gasteiger partial charge >= 0.3 is 0 Å². The van der Waals surface area contributed by atoms with Crippen LogP contribution in [0.1, 0.15) is 39.0 Å². The van der Waals surface area contributed by atoms with Gasteiger partial charge in [0, 0.05) is 37.6 Å². The van der Waals surface area contributed by atoms with Gasteiger partial charge < -0.3 is 15.5 Å². The lowest BCUT2D eigenvalue weighted by molar-refractivity contribution is -0.128. The van der Waals surface area contributed by atoms with Crippen LogP contribution in [0.4, 0.5) is 11.4 Å². The molecule has 2 N–H and O–H groups in total. The zero-order valence-electron chi connectivity index (χ0n) is 14.7. The number of hydrogen-bond donors (Lipinski definition) is 2. The van der Waals surface area contributed by atoms with Gasteiger partial charge in [0.2, 0.25) is 5.91 Å². The average molecular weight is 340 g/mol. The third-order valence-electron chi connectivity index (χ3n) is 4.36. The molecule has 0 radical (unpaired) electrons. The van der Waals surface area contributed by atoms with Gasteiger partial charge in [0.15, 0.2) is 0 Å². The highest BCUT2D eigenvalue weighted by molar-refractivity contribution is 5.97. The highest BCUT2D eigenvalue weighted by atomic mass is 16.2. The zero-order chi connectivity index (χ0) is 18.2. The van der Waals surface area contributed by atoms with Gasteiger partial charge in [0.05, 0.1) is 0 Å². The molecule has 132 valence electrons. The molecule has 0 heterocycles. The molecule has 6 nitrogen and oxygen atoms in total. The third kappa shape index (κ3) is 5.35. The van der Waals surface area contributed by atoms with Crippen LogP contribution in [0.2, 0.25) is 0 Å². The van der Waals surface area contributed by atoms with Crippen molar-refractivity contribution in [2.45, 2.75) is 45.1 Å². The molecule has 1 saturated carbocycles. The monoisotopic (exact) mass is 340 g/mol. The van der Waals surface area contributed by atoms with Gasteiger partial charge in [-0.05, 0) is 31.0 Å². The lowest BCUT2D eigenvalue weighted by Crippen LogP contribution is -2.39. The zero-order valence-corrected chi connectivity index (χ0v) is 14.7. The summed E-state index contributed by atoms with van der Waals surface area (Å²) in [5.74, 6) is -0.422. The average Bonchev–Trinajstić information content (AvgIpc) is 2.62. The molecule has 1 aliphatic carbocycles. The molecule has 2 rings (SSSR count). The normalized spacial score (nSPS) is 15.2. The molecule has 6 heteroatoms. The van der Waals surface area contributed by atoms with Crippen LogP contribution in [-0.4, -0.2) is 29.8 Å². The minimum absolute atomic E-state index is 0.0676. The molecule has 0 aromatic heterocycles. The van der Waals surface area contributed by atoms with Crippen molar-refractivity contribution < 1.29 is 9.59 Å². The SMILES string of the molecule is CC(=O)Nc1cccc(N/C=C(/C#N)C(=O)N(C)C2CCCCC2)c1. The van der Waals surface area contributed by atoms with E-state index in [1.807, 2.05) is 6.07 Å². The number of carbonyl (C=O) groups is 2. The fourth-order valence-corrected chi connectivity index (χ4v) is 3.01. The van der Waals surface area contributed by atoms with E-state index in [2.05, 4.69) is 10.6 Å². The molecule has 0 unspecified atom stereocenters. The summed E-state index contributed by atoms with van der Waals surface area (Å²) in [6.07, 6.45) is 6.88. The lowest BCUT2D eigenvalue weighted by Gasteiger charge is -2.31. The molecule has 0 aliphatic heterocycles. The van der Waals surface area contributed by atoms with Crippen molar-refractivity contribution in [1.82, 2.24) is 4.90 Å². The largest absolute Gasteiger partial charge is 0.360 e. The predicted molar refractivity (Wildman–Crippen MR) is 97.7 cm³/mol. The van der Waals surface area contributed by atoms with Crippen molar-refractivity contribution in [3.05, 3.63) is 36.0 Å². The van der Waals surface area contributed by atoms with Gasteiger partial charge in [0.1, 0.15) is 11.6 Å². The summed E-state index contributed by atoms with van der Waals surface area (Å²) in [6, 6.07) is 9.27. The lowest BCUT2D eigenvalue weighted by atomic mass is 9.94. The highest BCUT2D eigenvalue weighted by Crippen LogP contribution is 2.23. The molecule has 0 atom stereocenters. The third-order valence-corrected chi connectivity index (χ3v) is 4.36. The van der Waals surface area contributed by atoms with Crippen LogP contribution in [-0.2, 0) is 9.59 Å². The number of nitrogens with one attached hydrogen (secondary N) is 2. The number of likely N-dealkylation sites (N-methyl/N-ethyl adjacent to an activating group) is 1. The van der Waals surface area contributed by atoms with Crippen LogP contribution in [0.15, 0.2) is 36.0 Å². The van der Waals surface area contributed by atoms with Gasteiger partial charge in [-0.1, -0.05) is 25.3 Å². The number of hydrogen-bond acceptors (Lipinski definition) is 4. The Morgan fingerprint density at radius 1 is 1.24 bits per heavy atom. The Labute approximate surface area is 148 Å². The van der Waals surface area contributed by atoms with Crippen LogP contribution in [0.3, 0.4) is 0 Å². The molecule has 2 amide bonds. The molecular weight excluding hydrogens is 316 g/mol. The van der Waals surface area contributed by atoms with E-state index in [1.54, 1.807) is 36.2 Å². The van der Waals surface area contributed by atoms with E-state index in [0.717, 1.165) is 25.7 Å². The number of amides is 2. The second-order valence-corrected chi connectivity index (χ2v) is 6.28. The summed E-state index contributed by atoms with van der Waals surface area (Å²) in [5, 5.41) is 15.0. The molecule has 25 heavy (non-hydrogen) atoms. The number of nitrogens with zero attached hydrogens (tertiary/aromatic N) is 2. The molecule has 1 aliphatic rings. The number of rotatable bonds is 5. The van der Waals surface area contributed by atoms with Crippen LogP contribution >= 0.6 is 0 Å². The summed E-state index contributed by atoms with van der Waals surface area (Å²) in [6.45, 7) is 1.44. The van der Waals surface area contributed by atoms with Crippen molar-refractivity contribution in [3.63, 3.8) is 0 Å². The predicted octanol–water partition coefficient (Wildman–Crippen LogP) is 3.26. The molecule has 1 aromatic carbocycles. The summed E-state index contributed by atoms with van der Waals surface area (Å²) in [4.78, 5) is 25.3. The Balaban J connectivity index is 2.05. The quantitative estimate of drug-likeness (QED) is 0.636. The summed E-state index contributed by atoms with van der Waals surface area (Å²) in [5.41, 5.74) is 1.40. The molecule has 0 spiro atoms. The van der Waals surface area contributed by atoms with E-state index in [1.165, 1.54) is 19.5 Å². The second-order valence-electron chi connectivity index (χ2n) is 6.28. The van der Waals surface area contributed by atoms with Crippen molar-refractivity contribution >= 4 is 23.2 Å². The van der Waals surface area contributed by atoms with Crippen molar-refractivity contribution in [1.29, 1.82) is 5.26 Å². The number of anilines is 2. The van der Waals surface area contributed by atoms with Gasteiger partial charge in [0.25, 0.3) is 5.91 Å². The van der Waals surface area contributed by atoms with Crippen LogP contribution in [0.25, 0.3) is 0 Å². The Kier molecular flexibility index (Phi) is 6.58. The van der Waals surface area contributed by atoms with Gasteiger partial charge in [-0.25, -0.2) is 0 Å². The summed E-state index contributed by atoms with van der Waals surface area (Å²) < 4.78 is 0. The molecule has 1 aromatic rings. The van der Waals surface area contributed by atoms with E-state index >= 15 is 0 Å². The minimum Gasteiger partial charge on any atom is -0.360 e. The maximum Gasteiger partial charge on any atom is 0.266 e. The highest BCUT2D eigenvalue weighted by Gasteiger charge is 2.24. The Hall–Kier alpha value is -2.81. The van der Waals surface area contributed by atoms with Crippen molar-refractivity contribution in [2.75, 3.05) is 17.7 Å². The van der Waals surface area contributed by atoms with Crippen LogP contribution in [0, 0.1) is 11.3 Å². The first-order valence-corrected chi connectivity index (χ1v) is 8.53. The van der Waals surface area contributed by atoms with Crippen LogP contribution in [0.5, 0.6) is 0 Å². The van der Waals surface area contributed by atoms with E-state index in [0.29, 0.717) is 11.4 Å². The maximum absolute atomic E-state index is 12.5. The van der Waals surface area contributed by atoms with Crippen molar-refractivity contribution in [2.24, 2.45) is 0 Å². The van der Waals surface area contributed by atoms with Gasteiger partial charge in [-0.2, -0.15) is 5.26 Å². The fraction of sp³-hybridized carbons (Fsp3) is 0.421. The maximum atomic E-state index is 12.5.